The van der Waals surface area contributed by atoms with Gasteiger partial charge in [-0.25, -0.2) is 0 Å². The molecule has 0 unspecified atom stereocenters. The van der Waals surface area contributed by atoms with Crippen LogP contribution in [0.25, 0.3) is 0 Å². The molecule has 3 N–H and O–H groups in total. The molecule has 0 aromatic heterocycles. The molecular weight excluding hydrogens is 176 g/mol. The zero-order valence-corrected chi connectivity index (χ0v) is 8.42. The predicted molar refractivity (Wildman–Crippen MR) is 60.7 cm³/mol. The van der Waals surface area contributed by atoms with E-state index in [0.717, 1.165) is 18.0 Å². The van der Waals surface area contributed by atoms with Crippen molar-refractivity contribution >= 4 is 11.4 Å². The van der Waals surface area contributed by atoms with Crippen molar-refractivity contribution in [1.29, 1.82) is 0 Å². The van der Waals surface area contributed by atoms with E-state index in [9.17, 15) is 0 Å². The minimum atomic E-state index is 0.643. The minimum absolute atomic E-state index is 0.643. The topological polar surface area (TPSA) is 47.3 Å². The molecule has 0 amide bonds. The number of nitrogens with one attached hydrogen (secondary N) is 1. The third-order valence-corrected chi connectivity index (χ3v) is 1.69. The summed E-state index contributed by atoms with van der Waals surface area (Å²) in [6.07, 6.45) is 1.80. The summed E-state index contributed by atoms with van der Waals surface area (Å²) in [4.78, 5) is 0. The number of benzene rings is 1. The molecule has 0 saturated carbocycles. The maximum absolute atomic E-state index is 5.72. The molecule has 0 saturated heterocycles. The number of nitrogen functional groups attached to an aromatic ring is 1. The maximum atomic E-state index is 5.72. The van der Waals surface area contributed by atoms with Gasteiger partial charge in [0, 0.05) is 30.1 Å². The smallest absolute Gasteiger partial charge is 0.123 e. The summed E-state index contributed by atoms with van der Waals surface area (Å²) >= 11 is 0. The molecule has 3 nitrogen and oxygen atoms in total. The normalized spacial score (nSPS) is 9.50. The summed E-state index contributed by atoms with van der Waals surface area (Å²) in [6, 6.07) is 5.60. The van der Waals surface area contributed by atoms with Crippen molar-refractivity contribution in [3.05, 3.63) is 30.9 Å². The predicted octanol–water partition coefficient (Wildman–Crippen LogP) is 2.27. The van der Waals surface area contributed by atoms with Crippen LogP contribution in [0.5, 0.6) is 5.75 Å². The summed E-state index contributed by atoms with van der Waals surface area (Å²) in [5.74, 6) is 0.791. The van der Waals surface area contributed by atoms with Crippen molar-refractivity contribution in [2.75, 3.05) is 24.2 Å². The number of ether oxygens (including phenoxy) is 1. The van der Waals surface area contributed by atoms with Gasteiger partial charge in [0.2, 0.25) is 0 Å². The summed E-state index contributed by atoms with van der Waals surface area (Å²) < 4.78 is 5.36. The summed E-state index contributed by atoms with van der Waals surface area (Å²) in [5, 5.41) is 3.16. The van der Waals surface area contributed by atoms with E-state index in [2.05, 4.69) is 11.9 Å². The molecule has 1 rings (SSSR count). The molecule has 0 spiro atoms. The van der Waals surface area contributed by atoms with Gasteiger partial charge in [-0.1, -0.05) is 6.08 Å². The number of anilines is 2. The monoisotopic (exact) mass is 192 g/mol. The lowest BCUT2D eigenvalue weighted by Gasteiger charge is -2.08. The number of hydrogen-bond acceptors (Lipinski definition) is 3. The highest BCUT2D eigenvalue weighted by Crippen LogP contribution is 2.22. The fourth-order valence-electron chi connectivity index (χ4n) is 1.16. The van der Waals surface area contributed by atoms with Crippen molar-refractivity contribution in [2.45, 2.75) is 6.92 Å². The second-order valence-electron chi connectivity index (χ2n) is 2.89. The van der Waals surface area contributed by atoms with E-state index >= 15 is 0 Å². The molecule has 1 aromatic carbocycles. The fraction of sp³-hybridized carbons (Fsp3) is 0.273. The summed E-state index contributed by atoms with van der Waals surface area (Å²) in [5.41, 5.74) is 7.36. The Bertz CT molecular complexity index is 310. The second-order valence-corrected chi connectivity index (χ2v) is 2.89. The molecule has 0 fully saturated rings. The van der Waals surface area contributed by atoms with E-state index in [1.165, 1.54) is 0 Å². The number of hydrogen-bond donors (Lipinski definition) is 2. The Kier molecular flexibility index (Phi) is 3.85. The van der Waals surface area contributed by atoms with Crippen LogP contribution in [0.2, 0.25) is 0 Å². The van der Waals surface area contributed by atoms with E-state index in [0.29, 0.717) is 12.3 Å². The van der Waals surface area contributed by atoms with E-state index in [4.69, 9.17) is 10.5 Å². The van der Waals surface area contributed by atoms with Gasteiger partial charge < -0.3 is 15.8 Å². The summed E-state index contributed by atoms with van der Waals surface area (Å²) in [6.45, 7) is 6.94. The van der Waals surface area contributed by atoms with Gasteiger partial charge in [0.25, 0.3) is 0 Å². The largest absolute Gasteiger partial charge is 0.494 e. The number of nitrogens with two attached hydrogens (primary N) is 1. The van der Waals surface area contributed by atoms with Crippen LogP contribution < -0.4 is 15.8 Å². The van der Waals surface area contributed by atoms with Crippen molar-refractivity contribution in [3.8, 4) is 5.75 Å². The Morgan fingerprint density at radius 3 is 2.93 bits per heavy atom. The van der Waals surface area contributed by atoms with Gasteiger partial charge in [-0.2, -0.15) is 0 Å². The van der Waals surface area contributed by atoms with Gasteiger partial charge in [0.05, 0.1) is 6.61 Å². The van der Waals surface area contributed by atoms with Gasteiger partial charge in [-0.05, 0) is 13.0 Å². The van der Waals surface area contributed by atoms with Crippen LogP contribution in [0.3, 0.4) is 0 Å². The quantitative estimate of drug-likeness (QED) is 0.555. The molecule has 0 radical (unpaired) electrons. The second kappa shape index (κ2) is 5.17. The average molecular weight is 192 g/mol. The van der Waals surface area contributed by atoms with Crippen LogP contribution in [0.15, 0.2) is 30.9 Å². The molecule has 76 valence electrons. The average Bonchev–Trinajstić information content (AvgIpc) is 2.14. The Balaban J connectivity index is 2.77. The lowest BCUT2D eigenvalue weighted by Crippen LogP contribution is -2.00. The van der Waals surface area contributed by atoms with Crippen LogP contribution >= 0.6 is 0 Å². The highest BCUT2D eigenvalue weighted by molar-refractivity contribution is 5.59. The summed E-state index contributed by atoms with van der Waals surface area (Å²) in [7, 11) is 0. The Labute approximate surface area is 84.6 Å². The van der Waals surface area contributed by atoms with Crippen LogP contribution in [0.4, 0.5) is 11.4 Å². The zero-order valence-electron chi connectivity index (χ0n) is 8.42. The molecule has 0 atom stereocenters. The Morgan fingerprint density at radius 1 is 1.50 bits per heavy atom. The van der Waals surface area contributed by atoms with Gasteiger partial charge in [0.1, 0.15) is 5.75 Å². The lowest BCUT2D eigenvalue weighted by molar-refractivity contribution is 0.340. The van der Waals surface area contributed by atoms with Gasteiger partial charge in [-0.3, -0.25) is 0 Å². The van der Waals surface area contributed by atoms with E-state index < -0.39 is 0 Å². The van der Waals surface area contributed by atoms with Crippen molar-refractivity contribution in [3.63, 3.8) is 0 Å². The maximum Gasteiger partial charge on any atom is 0.123 e. The molecule has 0 aliphatic carbocycles. The van der Waals surface area contributed by atoms with Crippen molar-refractivity contribution in [1.82, 2.24) is 0 Å². The Morgan fingerprint density at radius 2 is 2.29 bits per heavy atom. The SMILES string of the molecule is C=CCNc1cc(N)cc(OCC)c1. The van der Waals surface area contributed by atoms with Crippen LogP contribution in [-0.4, -0.2) is 13.2 Å². The molecular formula is C11H16N2O. The van der Waals surface area contributed by atoms with Crippen LogP contribution in [0.1, 0.15) is 6.92 Å². The van der Waals surface area contributed by atoms with E-state index in [1.54, 1.807) is 6.08 Å². The Hall–Kier alpha value is -1.64. The molecule has 0 aliphatic rings. The van der Waals surface area contributed by atoms with E-state index in [-0.39, 0.29) is 0 Å². The fourth-order valence-corrected chi connectivity index (χ4v) is 1.16. The minimum Gasteiger partial charge on any atom is -0.494 e. The van der Waals surface area contributed by atoms with Gasteiger partial charge >= 0.3 is 0 Å². The van der Waals surface area contributed by atoms with Crippen LogP contribution in [0, 0.1) is 0 Å². The van der Waals surface area contributed by atoms with Crippen molar-refractivity contribution < 1.29 is 4.74 Å². The highest BCUT2D eigenvalue weighted by atomic mass is 16.5. The molecule has 0 heterocycles. The first-order valence-corrected chi connectivity index (χ1v) is 4.64. The van der Waals surface area contributed by atoms with Crippen molar-refractivity contribution in [2.24, 2.45) is 0 Å². The highest BCUT2D eigenvalue weighted by Gasteiger charge is 1.98. The first kappa shape index (κ1) is 10.4. The molecule has 0 aliphatic heterocycles. The third-order valence-electron chi connectivity index (χ3n) is 1.69. The molecule has 1 aromatic rings. The number of rotatable bonds is 5. The molecule has 3 heteroatoms. The van der Waals surface area contributed by atoms with E-state index in [1.807, 2.05) is 25.1 Å². The van der Waals surface area contributed by atoms with Crippen LogP contribution in [-0.2, 0) is 0 Å². The molecule has 0 bridgehead atoms. The molecule has 14 heavy (non-hydrogen) atoms. The first-order valence-electron chi connectivity index (χ1n) is 4.64. The van der Waals surface area contributed by atoms with Gasteiger partial charge in [0.15, 0.2) is 0 Å². The van der Waals surface area contributed by atoms with Gasteiger partial charge in [-0.15, -0.1) is 6.58 Å². The lowest BCUT2D eigenvalue weighted by atomic mass is 10.2. The standard InChI is InChI=1S/C11H16N2O/c1-3-5-13-10-6-9(12)7-11(8-10)14-4-2/h3,6-8,13H,1,4-5,12H2,2H3. The zero-order chi connectivity index (χ0) is 10.4. The first-order chi connectivity index (χ1) is 6.76. The third kappa shape index (κ3) is 3.01.